The fourth-order valence-corrected chi connectivity index (χ4v) is 1.43. The van der Waals surface area contributed by atoms with Crippen LogP contribution in [-0.2, 0) is 12.6 Å². The van der Waals surface area contributed by atoms with Crippen LogP contribution in [0.1, 0.15) is 18.1 Å². The Morgan fingerprint density at radius 2 is 2.00 bits per heavy atom. The molecule has 0 aromatic heterocycles. The van der Waals surface area contributed by atoms with Gasteiger partial charge in [-0.1, -0.05) is 0 Å². The van der Waals surface area contributed by atoms with Gasteiger partial charge < -0.3 is 5.73 Å². The fourth-order valence-electron chi connectivity index (χ4n) is 1.43. The molecule has 1 rings (SSSR count). The summed E-state index contributed by atoms with van der Waals surface area (Å²) >= 11 is 0. The van der Waals surface area contributed by atoms with E-state index >= 15 is 0 Å². The highest BCUT2D eigenvalue weighted by Crippen LogP contribution is 2.32. The van der Waals surface area contributed by atoms with Crippen LogP contribution < -0.4 is 5.73 Å². The third-order valence-corrected chi connectivity index (χ3v) is 2.07. The summed E-state index contributed by atoms with van der Waals surface area (Å²) in [6, 6.07) is 2.15. The van der Waals surface area contributed by atoms with Crippen molar-refractivity contribution in [1.29, 1.82) is 0 Å². The van der Waals surface area contributed by atoms with Gasteiger partial charge in [-0.15, -0.1) is 0 Å². The van der Waals surface area contributed by atoms with Gasteiger partial charge in [0.05, 0.1) is 10.5 Å². The quantitative estimate of drug-likeness (QED) is 0.660. The molecular formula is C10H11F3N2O2. The first-order valence-corrected chi connectivity index (χ1v) is 4.81. The summed E-state index contributed by atoms with van der Waals surface area (Å²) in [6.07, 6.45) is -4.44. The molecule has 0 unspecified atom stereocenters. The lowest BCUT2D eigenvalue weighted by molar-refractivity contribution is -0.385. The Bertz CT molecular complexity index is 430. The molecule has 94 valence electrons. The highest BCUT2D eigenvalue weighted by Gasteiger charge is 2.32. The monoisotopic (exact) mass is 248 g/mol. The molecule has 4 nitrogen and oxygen atoms in total. The number of nitro benzene ring substituents is 1. The maximum Gasteiger partial charge on any atom is 0.416 e. The van der Waals surface area contributed by atoms with Gasteiger partial charge in [0.15, 0.2) is 0 Å². The van der Waals surface area contributed by atoms with E-state index in [-0.39, 0.29) is 18.0 Å². The lowest BCUT2D eigenvalue weighted by Gasteiger charge is -2.10. The molecule has 7 heteroatoms. The second-order valence-corrected chi connectivity index (χ2v) is 3.82. The van der Waals surface area contributed by atoms with Crippen molar-refractivity contribution in [1.82, 2.24) is 0 Å². The van der Waals surface area contributed by atoms with Crippen molar-refractivity contribution in [2.45, 2.75) is 25.6 Å². The molecule has 0 aliphatic rings. The van der Waals surface area contributed by atoms with Gasteiger partial charge in [-0.2, -0.15) is 13.2 Å². The van der Waals surface area contributed by atoms with Crippen LogP contribution in [0.15, 0.2) is 18.2 Å². The Balaban J connectivity index is 3.24. The molecule has 0 aliphatic carbocycles. The first-order valence-electron chi connectivity index (χ1n) is 4.81. The lowest BCUT2D eigenvalue weighted by atomic mass is 10.0. The van der Waals surface area contributed by atoms with Gasteiger partial charge in [0, 0.05) is 18.2 Å². The van der Waals surface area contributed by atoms with Crippen LogP contribution in [0.3, 0.4) is 0 Å². The number of nitrogens with zero attached hydrogens (tertiary/aromatic N) is 1. The molecule has 1 atom stereocenters. The van der Waals surface area contributed by atoms with E-state index in [0.717, 1.165) is 12.1 Å². The predicted octanol–water partition coefficient (Wildman–Crippen LogP) is 2.50. The van der Waals surface area contributed by atoms with Crippen LogP contribution in [0.2, 0.25) is 0 Å². The van der Waals surface area contributed by atoms with Crippen molar-refractivity contribution in [2.75, 3.05) is 0 Å². The van der Waals surface area contributed by atoms with E-state index in [9.17, 15) is 23.3 Å². The van der Waals surface area contributed by atoms with Crippen molar-refractivity contribution < 1.29 is 18.1 Å². The van der Waals surface area contributed by atoms with Gasteiger partial charge in [0.2, 0.25) is 0 Å². The number of hydrogen-bond acceptors (Lipinski definition) is 3. The van der Waals surface area contributed by atoms with Gasteiger partial charge in [0.1, 0.15) is 0 Å². The average Bonchev–Trinajstić information content (AvgIpc) is 2.14. The molecule has 0 saturated heterocycles. The highest BCUT2D eigenvalue weighted by molar-refractivity contribution is 5.40. The Labute approximate surface area is 95.4 Å². The van der Waals surface area contributed by atoms with E-state index in [1.807, 2.05) is 0 Å². The molecule has 1 aromatic carbocycles. The van der Waals surface area contributed by atoms with E-state index in [4.69, 9.17) is 5.73 Å². The number of nitro groups is 1. The Hall–Kier alpha value is -1.63. The van der Waals surface area contributed by atoms with Crippen molar-refractivity contribution in [2.24, 2.45) is 5.73 Å². The smallest absolute Gasteiger partial charge is 0.328 e. The molecule has 0 bridgehead atoms. The molecule has 0 heterocycles. The maximum atomic E-state index is 12.5. The summed E-state index contributed by atoms with van der Waals surface area (Å²) in [5.74, 6) is 0. The fraction of sp³-hybridized carbons (Fsp3) is 0.400. The number of benzene rings is 1. The highest BCUT2D eigenvalue weighted by atomic mass is 19.4. The van der Waals surface area contributed by atoms with Crippen LogP contribution in [-0.4, -0.2) is 11.0 Å². The van der Waals surface area contributed by atoms with E-state index < -0.39 is 22.4 Å². The van der Waals surface area contributed by atoms with Crippen molar-refractivity contribution >= 4 is 5.69 Å². The summed E-state index contributed by atoms with van der Waals surface area (Å²) in [5, 5.41) is 10.5. The lowest BCUT2D eigenvalue weighted by Crippen LogP contribution is -2.18. The SMILES string of the molecule is C[C@H](N)Cc1cc([N+](=O)[O-])cc(C(F)(F)F)c1. The largest absolute Gasteiger partial charge is 0.416 e. The van der Waals surface area contributed by atoms with Crippen LogP contribution in [0.4, 0.5) is 18.9 Å². The van der Waals surface area contributed by atoms with E-state index in [1.165, 1.54) is 0 Å². The van der Waals surface area contributed by atoms with E-state index in [2.05, 4.69) is 0 Å². The molecular weight excluding hydrogens is 237 g/mol. The van der Waals surface area contributed by atoms with Crippen molar-refractivity contribution in [3.8, 4) is 0 Å². The molecule has 0 aliphatic heterocycles. The first-order chi connectivity index (χ1) is 7.70. The zero-order valence-electron chi connectivity index (χ0n) is 8.99. The number of non-ortho nitro benzene ring substituents is 1. The normalized spacial score (nSPS) is 13.5. The number of nitrogens with two attached hydrogens (primary N) is 1. The number of rotatable bonds is 3. The van der Waals surface area contributed by atoms with Gasteiger partial charge in [0.25, 0.3) is 5.69 Å². The molecule has 1 aromatic rings. The maximum absolute atomic E-state index is 12.5. The van der Waals surface area contributed by atoms with Gasteiger partial charge >= 0.3 is 6.18 Å². The number of hydrogen-bond donors (Lipinski definition) is 1. The third kappa shape index (κ3) is 3.70. The molecule has 0 fully saturated rings. The Morgan fingerprint density at radius 3 is 2.41 bits per heavy atom. The number of halogens is 3. The summed E-state index contributed by atoms with van der Waals surface area (Å²) in [7, 11) is 0. The second kappa shape index (κ2) is 4.70. The van der Waals surface area contributed by atoms with Crippen LogP contribution in [0.5, 0.6) is 0 Å². The molecule has 0 amide bonds. The summed E-state index contributed by atoms with van der Waals surface area (Å²) in [6.45, 7) is 1.62. The summed E-state index contributed by atoms with van der Waals surface area (Å²) in [5.41, 5.74) is 4.07. The van der Waals surface area contributed by atoms with Crippen LogP contribution in [0.25, 0.3) is 0 Å². The van der Waals surface area contributed by atoms with Crippen molar-refractivity contribution in [3.05, 3.63) is 39.4 Å². The van der Waals surface area contributed by atoms with Gasteiger partial charge in [-0.3, -0.25) is 10.1 Å². The number of alkyl halides is 3. The minimum absolute atomic E-state index is 0.157. The van der Waals surface area contributed by atoms with Crippen molar-refractivity contribution in [3.63, 3.8) is 0 Å². The topological polar surface area (TPSA) is 69.2 Å². The van der Waals surface area contributed by atoms with Crippen LogP contribution in [0, 0.1) is 10.1 Å². The minimum Gasteiger partial charge on any atom is -0.328 e. The van der Waals surface area contributed by atoms with Gasteiger partial charge in [-0.25, -0.2) is 0 Å². The van der Waals surface area contributed by atoms with E-state index in [1.54, 1.807) is 6.92 Å². The molecule has 0 radical (unpaired) electrons. The molecule has 17 heavy (non-hydrogen) atoms. The molecule has 2 N–H and O–H groups in total. The van der Waals surface area contributed by atoms with E-state index in [0.29, 0.717) is 6.07 Å². The minimum atomic E-state index is -4.60. The van der Waals surface area contributed by atoms with Gasteiger partial charge in [-0.05, 0) is 25.0 Å². The average molecular weight is 248 g/mol. The predicted molar refractivity (Wildman–Crippen MR) is 55.5 cm³/mol. The molecule has 0 saturated carbocycles. The zero-order valence-corrected chi connectivity index (χ0v) is 8.99. The molecule has 0 spiro atoms. The standard InChI is InChI=1S/C10H11F3N2O2/c1-6(14)2-7-3-8(10(11,12)13)5-9(4-7)15(16)17/h3-6H,2,14H2,1H3/t6-/m0/s1. The first kappa shape index (κ1) is 13.4. The summed E-state index contributed by atoms with van der Waals surface area (Å²) < 4.78 is 37.5. The van der Waals surface area contributed by atoms with Crippen LogP contribution >= 0.6 is 0 Å². The third-order valence-electron chi connectivity index (χ3n) is 2.07. The second-order valence-electron chi connectivity index (χ2n) is 3.82. The Morgan fingerprint density at radius 1 is 1.41 bits per heavy atom. The summed E-state index contributed by atoms with van der Waals surface area (Å²) in [4.78, 5) is 9.68. The zero-order chi connectivity index (χ0) is 13.2. The Kier molecular flexibility index (Phi) is 3.72.